The molecule has 0 bridgehead atoms. The van der Waals surface area contributed by atoms with Gasteiger partial charge in [-0.2, -0.15) is 0 Å². The lowest BCUT2D eigenvalue weighted by atomic mass is 9.95. The highest BCUT2D eigenvalue weighted by Crippen LogP contribution is 2.21. The van der Waals surface area contributed by atoms with Crippen molar-refractivity contribution in [3.63, 3.8) is 0 Å². The summed E-state index contributed by atoms with van der Waals surface area (Å²) < 4.78 is 5.43. The normalized spacial score (nSPS) is 20.2. The molecular weight excluding hydrogens is 302 g/mol. The molecule has 5 nitrogen and oxygen atoms in total. The highest BCUT2D eigenvalue weighted by Gasteiger charge is 2.18. The van der Waals surface area contributed by atoms with Crippen molar-refractivity contribution in [2.24, 2.45) is 11.7 Å². The van der Waals surface area contributed by atoms with Crippen LogP contribution in [0.5, 0.6) is 0 Å². The average Bonchev–Trinajstić information content (AvgIpc) is 2.63. The van der Waals surface area contributed by atoms with Crippen molar-refractivity contribution in [3.8, 4) is 0 Å². The quantitative estimate of drug-likeness (QED) is 0.867. The number of anilines is 1. The Morgan fingerprint density at radius 1 is 1.08 bits per heavy atom. The highest BCUT2D eigenvalue weighted by atomic mass is 16.5. The molecule has 2 saturated heterocycles. The molecular formula is C19H29N3O2. The first-order chi connectivity index (χ1) is 11.7. The van der Waals surface area contributed by atoms with Crippen LogP contribution in [-0.4, -0.2) is 56.7 Å². The first-order valence-corrected chi connectivity index (χ1v) is 9.17. The van der Waals surface area contributed by atoms with Gasteiger partial charge in [0, 0.05) is 50.6 Å². The van der Waals surface area contributed by atoms with Crippen molar-refractivity contribution in [1.82, 2.24) is 4.90 Å². The molecule has 0 atom stereocenters. The largest absolute Gasteiger partial charge is 0.381 e. The van der Waals surface area contributed by atoms with Crippen molar-refractivity contribution in [2.75, 3.05) is 50.8 Å². The standard InChI is InChI=1S/C19H29N3O2/c20-19(23)17-3-5-18(6-4-17)22-12-10-21(11-13-22)9-1-2-16-7-14-24-15-8-16/h3-6,16H,1-2,7-15H2,(H2,20,23). The molecule has 2 aliphatic rings. The number of rotatable bonds is 6. The molecule has 0 radical (unpaired) electrons. The van der Waals surface area contributed by atoms with Crippen LogP contribution in [0, 0.1) is 5.92 Å². The fourth-order valence-electron chi connectivity index (χ4n) is 3.70. The summed E-state index contributed by atoms with van der Waals surface area (Å²) in [5, 5.41) is 0. The lowest BCUT2D eigenvalue weighted by molar-refractivity contribution is 0.0622. The van der Waals surface area contributed by atoms with Gasteiger partial charge in [-0.15, -0.1) is 0 Å². The summed E-state index contributed by atoms with van der Waals surface area (Å²) in [5.41, 5.74) is 7.05. The number of amides is 1. The van der Waals surface area contributed by atoms with E-state index in [4.69, 9.17) is 10.5 Å². The third kappa shape index (κ3) is 4.71. The summed E-state index contributed by atoms with van der Waals surface area (Å²) >= 11 is 0. The number of benzene rings is 1. The summed E-state index contributed by atoms with van der Waals surface area (Å²) in [4.78, 5) is 16.1. The van der Waals surface area contributed by atoms with Crippen LogP contribution in [0.25, 0.3) is 0 Å². The number of carbonyl (C=O) groups excluding carboxylic acids is 1. The summed E-state index contributed by atoms with van der Waals surface area (Å²) in [6, 6.07) is 7.64. The zero-order chi connectivity index (χ0) is 16.8. The lowest BCUT2D eigenvalue weighted by Crippen LogP contribution is -2.46. The predicted molar refractivity (Wildman–Crippen MR) is 96.4 cm³/mol. The van der Waals surface area contributed by atoms with Crippen molar-refractivity contribution in [3.05, 3.63) is 29.8 Å². The molecule has 0 saturated carbocycles. The molecule has 2 heterocycles. The van der Waals surface area contributed by atoms with Gasteiger partial charge in [-0.1, -0.05) is 0 Å². The number of piperazine rings is 1. The maximum atomic E-state index is 11.1. The fourth-order valence-corrected chi connectivity index (χ4v) is 3.70. The van der Waals surface area contributed by atoms with E-state index in [2.05, 4.69) is 9.80 Å². The number of carbonyl (C=O) groups is 1. The molecule has 1 aromatic rings. The van der Waals surface area contributed by atoms with E-state index < -0.39 is 0 Å². The number of primary amides is 1. The van der Waals surface area contributed by atoms with E-state index >= 15 is 0 Å². The lowest BCUT2D eigenvalue weighted by Gasteiger charge is -2.36. The highest BCUT2D eigenvalue weighted by molar-refractivity contribution is 5.93. The predicted octanol–water partition coefficient (Wildman–Crippen LogP) is 2.11. The molecule has 132 valence electrons. The zero-order valence-electron chi connectivity index (χ0n) is 14.5. The van der Waals surface area contributed by atoms with Gasteiger partial charge in [-0.05, 0) is 62.4 Å². The maximum Gasteiger partial charge on any atom is 0.248 e. The van der Waals surface area contributed by atoms with Crippen molar-refractivity contribution >= 4 is 11.6 Å². The minimum Gasteiger partial charge on any atom is -0.381 e. The van der Waals surface area contributed by atoms with Crippen molar-refractivity contribution in [1.29, 1.82) is 0 Å². The monoisotopic (exact) mass is 331 g/mol. The topological polar surface area (TPSA) is 58.8 Å². The van der Waals surface area contributed by atoms with Crippen LogP contribution in [0.15, 0.2) is 24.3 Å². The molecule has 0 aliphatic carbocycles. The van der Waals surface area contributed by atoms with Crippen LogP contribution >= 0.6 is 0 Å². The second kappa shape index (κ2) is 8.49. The third-order valence-electron chi connectivity index (χ3n) is 5.32. The molecule has 1 aromatic carbocycles. The van der Waals surface area contributed by atoms with E-state index in [9.17, 15) is 4.79 Å². The Kier molecular flexibility index (Phi) is 6.10. The fraction of sp³-hybridized carbons (Fsp3) is 0.632. The molecule has 2 fully saturated rings. The Hall–Kier alpha value is -1.59. The van der Waals surface area contributed by atoms with Crippen LogP contribution in [-0.2, 0) is 4.74 Å². The van der Waals surface area contributed by atoms with Gasteiger partial charge in [-0.3, -0.25) is 9.69 Å². The van der Waals surface area contributed by atoms with Gasteiger partial charge in [-0.25, -0.2) is 0 Å². The number of hydrogen-bond acceptors (Lipinski definition) is 4. The summed E-state index contributed by atoms with van der Waals surface area (Å²) in [7, 11) is 0. The first-order valence-electron chi connectivity index (χ1n) is 9.17. The molecule has 24 heavy (non-hydrogen) atoms. The van der Waals surface area contributed by atoms with Crippen LogP contribution < -0.4 is 10.6 Å². The molecule has 5 heteroatoms. The minimum atomic E-state index is -0.365. The minimum absolute atomic E-state index is 0.365. The van der Waals surface area contributed by atoms with Crippen LogP contribution in [0.2, 0.25) is 0 Å². The molecule has 1 amide bonds. The van der Waals surface area contributed by atoms with Gasteiger partial charge in [0.1, 0.15) is 0 Å². The molecule has 0 aromatic heterocycles. The summed E-state index contributed by atoms with van der Waals surface area (Å²) in [5.74, 6) is 0.514. The van der Waals surface area contributed by atoms with Crippen LogP contribution in [0.1, 0.15) is 36.0 Å². The van der Waals surface area contributed by atoms with E-state index in [1.54, 1.807) is 0 Å². The average molecular weight is 331 g/mol. The van der Waals surface area contributed by atoms with Gasteiger partial charge >= 0.3 is 0 Å². The van der Waals surface area contributed by atoms with Crippen LogP contribution in [0.3, 0.4) is 0 Å². The maximum absolute atomic E-state index is 11.1. The van der Waals surface area contributed by atoms with Gasteiger partial charge in [0.25, 0.3) is 0 Å². The van der Waals surface area contributed by atoms with E-state index in [0.29, 0.717) is 5.56 Å². The molecule has 2 aliphatic heterocycles. The van der Waals surface area contributed by atoms with E-state index in [-0.39, 0.29) is 5.91 Å². The summed E-state index contributed by atoms with van der Waals surface area (Å²) in [6.45, 7) is 7.46. The van der Waals surface area contributed by atoms with Crippen molar-refractivity contribution < 1.29 is 9.53 Å². The SMILES string of the molecule is NC(=O)c1ccc(N2CCN(CCCC3CCOCC3)CC2)cc1. The van der Waals surface area contributed by atoms with E-state index in [1.807, 2.05) is 24.3 Å². The van der Waals surface area contributed by atoms with Gasteiger partial charge in [0.2, 0.25) is 5.91 Å². The number of hydrogen-bond donors (Lipinski definition) is 1. The molecule has 0 spiro atoms. The first kappa shape index (κ1) is 17.2. The second-order valence-electron chi connectivity index (χ2n) is 6.94. The van der Waals surface area contributed by atoms with E-state index in [0.717, 1.165) is 45.3 Å². The number of nitrogens with zero attached hydrogens (tertiary/aromatic N) is 2. The van der Waals surface area contributed by atoms with Gasteiger partial charge < -0.3 is 15.4 Å². The van der Waals surface area contributed by atoms with Crippen molar-refractivity contribution in [2.45, 2.75) is 25.7 Å². The van der Waals surface area contributed by atoms with E-state index in [1.165, 1.54) is 37.9 Å². The summed E-state index contributed by atoms with van der Waals surface area (Å²) in [6.07, 6.45) is 5.14. The Labute approximate surface area is 144 Å². The van der Waals surface area contributed by atoms with Gasteiger partial charge in [0.05, 0.1) is 0 Å². The zero-order valence-corrected chi connectivity index (χ0v) is 14.5. The Morgan fingerprint density at radius 2 is 1.75 bits per heavy atom. The smallest absolute Gasteiger partial charge is 0.248 e. The Morgan fingerprint density at radius 3 is 2.38 bits per heavy atom. The second-order valence-corrected chi connectivity index (χ2v) is 6.94. The Balaban J connectivity index is 1.38. The Bertz CT molecular complexity index is 518. The molecule has 0 unspecified atom stereocenters. The molecule has 3 rings (SSSR count). The molecule has 2 N–H and O–H groups in total. The van der Waals surface area contributed by atoms with Gasteiger partial charge in [0.15, 0.2) is 0 Å². The number of nitrogens with two attached hydrogens (primary N) is 1. The number of ether oxygens (including phenoxy) is 1. The van der Waals surface area contributed by atoms with Crippen LogP contribution in [0.4, 0.5) is 5.69 Å². The third-order valence-corrected chi connectivity index (χ3v) is 5.32.